The predicted octanol–water partition coefficient (Wildman–Crippen LogP) is 4.62. The first-order chi connectivity index (χ1) is 16.9. The number of pyridine rings is 1. The molecule has 3 N–H and O–H groups in total. The lowest BCUT2D eigenvalue weighted by atomic mass is 10.1. The van der Waals surface area contributed by atoms with Gasteiger partial charge >= 0.3 is 11.9 Å². The van der Waals surface area contributed by atoms with Crippen molar-refractivity contribution in [1.82, 2.24) is 4.98 Å². The van der Waals surface area contributed by atoms with Crippen LogP contribution in [0.1, 0.15) is 33.6 Å². The van der Waals surface area contributed by atoms with E-state index in [-0.39, 0.29) is 22.0 Å². The number of carbonyl (C=O) groups excluding carboxylic acids is 2. The molecule has 0 amide bonds. The maximum atomic E-state index is 12.3. The number of nitrogens with one attached hydrogen (secondary N) is 1. The molecule has 2 aromatic carbocycles. The average molecular weight is 514 g/mol. The lowest BCUT2D eigenvalue weighted by Gasteiger charge is -2.17. The third-order valence-corrected chi connectivity index (χ3v) is 6.25. The first kappa shape index (κ1) is 25.0. The Hall–Kier alpha value is -3.13. The normalized spacial score (nSPS) is 13.3. The zero-order chi connectivity index (χ0) is 24.8. The molecule has 1 atom stereocenters. The maximum absolute atomic E-state index is 12.3. The Morgan fingerprint density at radius 2 is 1.80 bits per heavy atom. The molecule has 4 rings (SSSR count). The number of nitrogens with two attached hydrogens (primary N) is 1. The second-order valence-electron chi connectivity index (χ2n) is 8.20. The van der Waals surface area contributed by atoms with Gasteiger partial charge in [0.2, 0.25) is 0 Å². The van der Waals surface area contributed by atoms with Gasteiger partial charge in [-0.3, -0.25) is 0 Å². The van der Waals surface area contributed by atoms with E-state index in [2.05, 4.69) is 16.4 Å². The highest BCUT2D eigenvalue weighted by atomic mass is 35.5. The number of carbonyl (C=O) groups is 2. The SMILES string of the molecule is N[C@@H](Cc1ccc(OCCc2ccc3c(n2)NCCC3)cc1)C(=O)OC(=O)c1c(Cl)cccc1Cl. The first-order valence-corrected chi connectivity index (χ1v) is 12.1. The van der Waals surface area contributed by atoms with E-state index in [4.69, 9.17) is 38.4 Å². The largest absolute Gasteiger partial charge is 0.493 e. The van der Waals surface area contributed by atoms with Gasteiger partial charge in [0.15, 0.2) is 0 Å². The second kappa shape index (κ2) is 11.5. The molecule has 0 saturated carbocycles. The third kappa shape index (κ3) is 6.51. The molecule has 9 heteroatoms. The van der Waals surface area contributed by atoms with Crippen LogP contribution in [0.15, 0.2) is 54.6 Å². The fraction of sp³-hybridized carbons (Fsp3) is 0.269. The van der Waals surface area contributed by atoms with Gasteiger partial charge in [-0.1, -0.05) is 47.5 Å². The number of nitrogens with zero attached hydrogens (tertiary/aromatic N) is 1. The van der Waals surface area contributed by atoms with E-state index in [1.165, 1.54) is 17.7 Å². The molecule has 1 aromatic heterocycles. The number of benzene rings is 2. The number of ether oxygens (including phenoxy) is 2. The molecule has 0 bridgehead atoms. The number of anilines is 1. The molecule has 0 radical (unpaired) electrons. The van der Waals surface area contributed by atoms with Gasteiger partial charge in [-0.15, -0.1) is 0 Å². The number of fused-ring (bicyclic) bond motifs is 1. The lowest BCUT2D eigenvalue weighted by molar-refractivity contribution is -0.139. The van der Waals surface area contributed by atoms with Crippen LogP contribution in [0.4, 0.5) is 5.82 Å². The Balaban J connectivity index is 1.25. The van der Waals surface area contributed by atoms with Crippen molar-refractivity contribution >= 4 is 41.0 Å². The number of halogens is 2. The fourth-order valence-electron chi connectivity index (χ4n) is 3.75. The highest BCUT2D eigenvalue weighted by Gasteiger charge is 2.23. The Bertz CT molecular complexity index is 1200. The van der Waals surface area contributed by atoms with E-state index in [9.17, 15) is 9.59 Å². The summed E-state index contributed by atoms with van der Waals surface area (Å²) < 4.78 is 10.7. The number of hydrogen-bond acceptors (Lipinski definition) is 7. The van der Waals surface area contributed by atoms with Crippen LogP contribution in [-0.2, 0) is 28.8 Å². The van der Waals surface area contributed by atoms with Crippen molar-refractivity contribution in [2.75, 3.05) is 18.5 Å². The van der Waals surface area contributed by atoms with Gasteiger partial charge in [0.25, 0.3) is 0 Å². The van der Waals surface area contributed by atoms with Crippen LogP contribution < -0.4 is 15.8 Å². The standard InChI is InChI=1S/C26H25Cl2N3O4/c27-20-4-1-5-21(28)23(20)26(33)35-25(32)22(29)15-16-6-10-19(11-7-16)34-14-12-18-9-8-17-3-2-13-30-24(17)31-18/h1,4-11,22H,2-3,12-15,29H2,(H,30,31)/t22-/m0/s1. The van der Waals surface area contributed by atoms with E-state index >= 15 is 0 Å². The van der Waals surface area contributed by atoms with E-state index in [1.54, 1.807) is 6.07 Å². The van der Waals surface area contributed by atoms with E-state index in [0.717, 1.165) is 36.5 Å². The predicted molar refractivity (Wildman–Crippen MR) is 135 cm³/mol. The molecule has 1 aliphatic rings. The molecule has 0 fully saturated rings. The minimum atomic E-state index is -1.03. The smallest absolute Gasteiger partial charge is 0.348 e. The molecule has 0 spiro atoms. The van der Waals surface area contributed by atoms with Gasteiger partial charge in [0, 0.05) is 18.7 Å². The summed E-state index contributed by atoms with van der Waals surface area (Å²) in [5.74, 6) is -0.124. The Morgan fingerprint density at radius 3 is 2.54 bits per heavy atom. The molecule has 0 unspecified atom stereocenters. The van der Waals surface area contributed by atoms with Crippen molar-refractivity contribution in [3.8, 4) is 5.75 Å². The van der Waals surface area contributed by atoms with Crippen molar-refractivity contribution in [3.63, 3.8) is 0 Å². The summed E-state index contributed by atoms with van der Waals surface area (Å²) in [5.41, 5.74) is 8.91. The molecular formula is C26H25Cl2N3O4. The highest BCUT2D eigenvalue weighted by Crippen LogP contribution is 2.25. The number of rotatable bonds is 8. The third-order valence-electron chi connectivity index (χ3n) is 5.62. The summed E-state index contributed by atoms with van der Waals surface area (Å²) in [7, 11) is 0. The average Bonchev–Trinajstić information content (AvgIpc) is 2.85. The quantitative estimate of drug-likeness (QED) is 0.334. The van der Waals surface area contributed by atoms with Gasteiger partial charge in [-0.2, -0.15) is 0 Å². The summed E-state index contributed by atoms with van der Waals surface area (Å²) in [4.78, 5) is 29.2. The summed E-state index contributed by atoms with van der Waals surface area (Å²) in [6, 6.07) is 14.9. The van der Waals surface area contributed by atoms with E-state index in [0.29, 0.717) is 18.8 Å². The van der Waals surface area contributed by atoms with Crippen molar-refractivity contribution in [2.24, 2.45) is 5.73 Å². The number of aryl methyl sites for hydroxylation is 1. The first-order valence-electron chi connectivity index (χ1n) is 11.3. The molecule has 1 aliphatic heterocycles. The zero-order valence-electron chi connectivity index (χ0n) is 18.9. The molecule has 35 heavy (non-hydrogen) atoms. The van der Waals surface area contributed by atoms with Gasteiger partial charge in [-0.05, 0) is 60.7 Å². The van der Waals surface area contributed by atoms with Crippen molar-refractivity contribution < 1.29 is 19.1 Å². The van der Waals surface area contributed by atoms with Gasteiger partial charge in [0.05, 0.1) is 22.2 Å². The molecular weight excluding hydrogens is 489 g/mol. The van der Waals surface area contributed by atoms with Crippen LogP contribution >= 0.6 is 23.2 Å². The van der Waals surface area contributed by atoms with Gasteiger partial charge in [-0.25, -0.2) is 14.6 Å². The fourth-order valence-corrected chi connectivity index (χ4v) is 4.30. The minimum Gasteiger partial charge on any atom is -0.493 e. The van der Waals surface area contributed by atoms with Crippen LogP contribution in [0.25, 0.3) is 0 Å². The highest BCUT2D eigenvalue weighted by molar-refractivity contribution is 6.39. The summed E-state index contributed by atoms with van der Waals surface area (Å²) in [6.07, 6.45) is 3.08. The van der Waals surface area contributed by atoms with E-state index < -0.39 is 18.0 Å². The zero-order valence-corrected chi connectivity index (χ0v) is 20.4. The minimum absolute atomic E-state index is 0.0697. The summed E-state index contributed by atoms with van der Waals surface area (Å²) >= 11 is 12.0. The van der Waals surface area contributed by atoms with E-state index in [1.807, 2.05) is 30.3 Å². The molecule has 7 nitrogen and oxygen atoms in total. The van der Waals surface area contributed by atoms with Gasteiger partial charge in [0.1, 0.15) is 17.6 Å². The Labute approximate surface area is 213 Å². The number of hydrogen-bond donors (Lipinski definition) is 2. The molecule has 0 aliphatic carbocycles. The maximum Gasteiger partial charge on any atom is 0.348 e. The number of aromatic nitrogens is 1. The Kier molecular flexibility index (Phi) is 8.23. The monoisotopic (exact) mass is 513 g/mol. The van der Waals surface area contributed by atoms with Crippen LogP contribution in [0.3, 0.4) is 0 Å². The van der Waals surface area contributed by atoms with Crippen molar-refractivity contribution in [3.05, 3.63) is 87.0 Å². The molecule has 182 valence electrons. The van der Waals surface area contributed by atoms with Gasteiger partial charge < -0.3 is 20.5 Å². The molecule has 3 aromatic rings. The number of esters is 2. The summed E-state index contributed by atoms with van der Waals surface area (Å²) in [5, 5.41) is 3.53. The van der Waals surface area contributed by atoms with Crippen LogP contribution in [0.2, 0.25) is 10.0 Å². The molecule has 0 saturated heterocycles. The van der Waals surface area contributed by atoms with Crippen molar-refractivity contribution in [2.45, 2.75) is 31.7 Å². The van der Waals surface area contributed by atoms with Crippen LogP contribution in [0.5, 0.6) is 5.75 Å². The molecule has 2 heterocycles. The topological polar surface area (TPSA) is 104 Å². The Morgan fingerprint density at radius 1 is 1.06 bits per heavy atom. The van der Waals surface area contributed by atoms with Crippen LogP contribution in [0, 0.1) is 0 Å². The van der Waals surface area contributed by atoms with Crippen LogP contribution in [-0.4, -0.2) is 36.1 Å². The van der Waals surface area contributed by atoms with Crippen molar-refractivity contribution in [1.29, 1.82) is 0 Å². The second-order valence-corrected chi connectivity index (χ2v) is 9.01. The lowest BCUT2D eigenvalue weighted by Crippen LogP contribution is -2.35. The summed E-state index contributed by atoms with van der Waals surface area (Å²) in [6.45, 7) is 1.45.